The zero-order valence-corrected chi connectivity index (χ0v) is 9.15. The summed E-state index contributed by atoms with van der Waals surface area (Å²) in [5.41, 5.74) is 0. The third kappa shape index (κ3) is 5.33. The van der Waals surface area contributed by atoms with Gasteiger partial charge >= 0.3 is 6.18 Å². The number of hydrogen-bond acceptors (Lipinski definition) is 4. The molecule has 92 valence electrons. The summed E-state index contributed by atoms with van der Waals surface area (Å²) in [6.07, 6.45) is -4.79. The van der Waals surface area contributed by atoms with Gasteiger partial charge in [-0.1, -0.05) is 23.2 Å². The first-order valence-electron chi connectivity index (χ1n) is 4.33. The van der Waals surface area contributed by atoms with Crippen LogP contribution in [0, 0.1) is 11.8 Å². The van der Waals surface area contributed by atoms with Crippen LogP contribution < -0.4 is 5.32 Å². The highest BCUT2D eigenvalue weighted by atomic mass is 32.1. The van der Waals surface area contributed by atoms with Crippen LogP contribution in [0.15, 0.2) is 6.20 Å². The first-order chi connectivity index (χ1) is 7.90. The number of rotatable bonds is 2. The Balaban J connectivity index is 2.58. The van der Waals surface area contributed by atoms with Crippen LogP contribution in [0.25, 0.3) is 0 Å². The van der Waals surface area contributed by atoms with Crippen molar-refractivity contribution in [3.63, 3.8) is 0 Å². The zero-order chi connectivity index (χ0) is 12.9. The van der Waals surface area contributed by atoms with Gasteiger partial charge in [-0.05, 0) is 0 Å². The van der Waals surface area contributed by atoms with E-state index in [-0.39, 0.29) is 11.7 Å². The maximum Gasteiger partial charge on any atom is 0.397 e. The molecule has 0 fully saturated rings. The zero-order valence-electron chi connectivity index (χ0n) is 8.34. The molecule has 1 aromatic rings. The third-order valence-corrected chi connectivity index (χ3v) is 2.23. The van der Waals surface area contributed by atoms with Gasteiger partial charge in [0, 0.05) is 0 Å². The van der Waals surface area contributed by atoms with Crippen LogP contribution in [0.4, 0.5) is 18.3 Å². The van der Waals surface area contributed by atoms with Gasteiger partial charge in [0.15, 0.2) is 5.13 Å². The Bertz CT molecular complexity index is 459. The first-order valence-corrected chi connectivity index (χ1v) is 5.14. The highest BCUT2D eigenvalue weighted by molar-refractivity contribution is 7.16. The molecule has 0 saturated carbocycles. The molecule has 0 aliphatic carbocycles. The molecule has 8 heteroatoms. The summed E-state index contributed by atoms with van der Waals surface area (Å²) < 4.78 is 35.6. The standard InChI is InChI=1S/C9H7F3N2O2S/c10-9(11,12)4-7(16)14-8-13-5-6(17-8)2-1-3-15/h5,15H,3-4H2,(H,13,14,16). The summed E-state index contributed by atoms with van der Waals surface area (Å²) >= 11 is 0.932. The second-order valence-electron chi connectivity index (χ2n) is 2.83. The van der Waals surface area contributed by atoms with E-state index in [1.54, 1.807) is 0 Å². The second kappa shape index (κ2) is 5.65. The van der Waals surface area contributed by atoms with Gasteiger partial charge in [-0.2, -0.15) is 13.2 Å². The van der Waals surface area contributed by atoms with Gasteiger partial charge in [-0.15, -0.1) is 0 Å². The van der Waals surface area contributed by atoms with Gasteiger partial charge in [0.1, 0.15) is 13.0 Å². The number of nitrogens with zero attached hydrogens (tertiary/aromatic N) is 1. The number of carbonyl (C=O) groups is 1. The molecule has 0 atom stereocenters. The number of aromatic nitrogens is 1. The molecular formula is C9H7F3N2O2S. The summed E-state index contributed by atoms with van der Waals surface area (Å²) in [6.45, 7) is -0.326. The lowest BCUT2D eigenvalue weighted by atomic mass is 10.4. The summed E-state index contributed by atoms with van der Waals surface area (Å²) in [5.74, 6) is 3.70. The van der Waals surface area contributed by atoms with Gasteiger partial charge in [-0.25, -0.2) is 4.98 Å². The van der Waals surface area contributed by atoms with Crippen molar-refractivity contribution in [3.8, 4) is 11.8 Å². The molecule has 1 heterocycles. The van der Waals surface area contributed by atoms with E-state index in [4.69, 9.17) is 5.11 Å². The van der Waals surface area contributed by atoms with E-state index in [1.165, 1.54) is 6.20 Å². The normalized spacial score (nSPS) is 10.6. The minimum atomic E-state index is -4.54. The minimum absolute atomic E-state index is 0.0430. The summed E-state index contributed by atoms with van der Waals surface area (Å²) in [7, 11) is 0. The van der Waals surface area contributed by atoms with Gasteiger partial charge in [0.05, 0.1) is 11.1 Å². The fourth-order valence-electron chi connectivity index (χ4n) is 0.862. The average molecular weight is 264 g/mol. The largest absolute Gasteiger partial charge is 0.397 e. The van der Waals surface area contributed by atoms with E-state index in [9.17, 15) is 18.0 Å². The van der Waals surface area contributed by atoms with Gasteiger partial charge in [-0.3, -0.25) is 4.79 Å². The molecule has 4 nitrogen and oxygen atoms in total. The van der Waals surface area contributed by atoms with Gasteiger partial charge < -0.3 is 10.4 Å². The maximum absolute atomic E-state index is 11.9. The Morgan fingerprint density at radius 2 is 2.29 bits per heavy atom. The SMILES string of the molecule is O=C(CC(F)(F)F)Nc1ncc(C#CCO)s1. The minimum Gasteiger partial charge on any atom is -0.384 e. The highest BCUT2D eigenvalue weighted by Gasteiger charge is 2.31. The van der Waals surface area contributed by atoms with E-state index in [0.717, 1.165) is 11.3 Å². The highest BCUT2D eigenvalue weighted by Crippen LogP contribution is 2.22. The monoisotopic (exact) mass is 264 g/mol. The van der Waals surface area contributed by atoms with E-state index >= 15 is 0 Å². The Labute approximate surface area is 98.5 Å². The molecule has 0 bridgehead atoms. The topological polar surface area (TPSA) is 62.2 Å². The number of aliphatic hydroxyl groups excluding tert-OH is 1. The van der Waals surface area contributed by atoms with Crippen molar-refractivity contribution in [1.82, 2.24) is 4.98 Å². The lowest BCUT2D eigenvalue weighted by Crippen LogP contribution is -2.20. The lowest BCUT2D eigenvalue weighted by molar-refractivity contribution is -0.150. The Morgan fingerprint density at radius 1 is 1.59 bits per heavy atom. The Kier molecular flexibility index (Phi) is 4.48. The van der Waals surface area contributed by atoms with E-state index in [0.29, 0.717) is 4.88 Å². The van der Waals surface area contributed by atoms with Gasteiger partial charge in [0.25, 0.3) is 0 Å². The number of aliphatic hydroxyl groups is 1. The fraction of sp³-hybridized carbons (Fsp3) is 0.333. The molecule has 1 amide bonds. The van der Waals surface area contributed by atoms with Crippen molar-refractivity contribution in [2.45, 2.75) is 12.6 Å². The molecule has 0 aliphatic rings. The van der Waals surface area contributed by atoms with Crippen LogP contribution in [-0.4, -0.2) is 28.8 Å². The quantitative estimate of drug-likeness (QED) is 0.793. The summed E-state index contributed by atoms with van der Waals surface area (Å²) in [4.78, 5) is 15.0. The molecule has 0 saturated heterocycles. The number of thiazole rings is 1. The predicted molar refractivity (Wildman–Crippen MR) is 55.4 cm³/mol. The molecule has 1 aromatic heterocycles. The van der Waals surface area contributed by atoms with Crippen LogP contribution in [0.5, 0.6) is 0 Å². The maximum atomic E-state index is 11.9. The van der Waals surface area contributed by atoms with Gasteiger partial charge in [0.2, 0.25) is 5.91 Å². The van der Waals surface area contributed by atoms with E-state index in [1.807, 2.05) is 5.32 Å². The van der Waals surface area contributed by atoms with Crippen molar-refractivity contribution < 1.29 is 23.1 Å². The summed E-state index contributed by atoms with van der Waals surface area (Å²) in [6, 6.07) is 0. The number of alkyl halides is 3. The van der Waals surface area contributed by atoms with Crippen LogP contribution in [-0.2, 0) is 4.79 Å². The Morgan fingerprint density at radius 3 is 2.88 bits per heavy atom. The predicted octanol–water partition coefficient (Wildman–Crippen LogP) is 1.38. The number of carbonyl (C=O) groups excluding carboxylic acids is 1. The van der Waals surface area contributed by atoms with Crippen molar-refractivity contribution in [2.24, 2.45) is 0 Å². The van der Waals surface area contributed by atoms with E-state index < -0.39 is 18.5 Å². The number of hydrogen-bond donors (Lipinski definition) is 2. The van der Waals surface area contributed by atoms with Crippen molar-refractivity contribution >= 4 is 22.4 Å². The first kappa shape index (κ1) is 13.5. The van der Waals surface area contributed by atoms with Crippen molar-refractivity contribution in [2.75, 3.05) is 11.9 Å². The molecule has 0 aliphatic heterocycles. The average Bonchev–Trinajstić information content (AvgIpc) is 2.59. The number of nitrogens with one attached hydrogen (secondary N) is 1. The third-order valence-electron chi connectivity index (χ3n) is 1.40. The molecular weight excluding hydrogens is 257 g/mol. The molecule has 17 heavy (non-hydrogen) atoms. The lowest BCUT2D eigenvalue weighted by Gasteiger charge is -2.04. The molecule has 2 N–H and O–H groups in total. The number of anilines is 1. The van der Waals surface area contributed by atoms with Crippen molar-refractivity contribution in [1.29, 1.82) is 0 Å². The van der Waals surface area contributed by atoms with Crippen LogP contribution in [0.1, 0.15) is 11.3 Å². The summed E-state index contributed by atoms with van der Waals surface area (Å²) in [5, 5.41) is 10.5. The number of amides is 1. The smallest absolute Gasteiger partial charge is 0.384 e. The van der Waals surface area contributed by atoms with E-state index in [2.05, 4.69) is 16.8 Å². The molecule has 0 unspecified atom stereocenters. The van der Waals surface area contributed by atoms with Crippen LogP contribution in [0.3, 0.4) is 0 Å². The number of halogens is 3. The molecule has 0 aromatic carbocycles. The van der Waals surface area contributed by atoms with Crippen molar-refractivity contribution in [3.05, 3.63) is 11.1 Å². The van der Waals surface area contributed by atoms with Crippen LogP contribution in [0.2, 0.25) is 0 Å². The second-order valence-corrected chi connectivity index (χ2v) is 3.86. The molecule has 1 rings (SSSR count). The van der Waals surface area contributed by atoms with Crippen LogP contribution >= 0.6 is 11.3 Å². The molecule has 0 radical (unpaired) electrons. The fourth-order valence-corrected chi connectivity index (χ4v) is 1.57. The molecule has 0 spiro atoms. The Hall–Kier alpha value is -1.59.